The van der Waals surface area contributed by atoms with Crippen LogP contribution in [0.25, 0.3) is 0 Å². The fraction of sp³-hybridized carbons (Fsp3) is 0.818. The first-order valence-corrected chi connectivity index (χ1v) is 11.2. The van der Waals surface area contributed by atoms with Gasteiger partial charge in [-0.3, -0.25) is 19.2 Å². The summed E-state index contributed by atoms with van der Waals surface area (Å²) >= 11 is 5.76. The van der Waals surface area contributed by atoms with Crippen molar-refractivity contribution < 1.29 is 38.1 Å². The molecule has 2 saturated carbocycles. The average Bonchev–Trinajstić information content (AvgIpc) is 2.82. The second-order valence-electron chi connectivity index (χ2n) is 8.13. The zero-order chi connectivity index (χ0) is 23.4. The molecule has 0 heterocycles. The first-order chi connectivity index (χ1) is 14.8. The zero-order valence-electron chi connectivity index (χ0n) is 18.9. The molecule has 2 aliphatic carbocycles. The van der Waals surface area contributed by atoms with E-state index in [0.29, 0.717) is 25.1 Å². The molecule has 0 aromatic heterocycles. The largest absolute Gasteiger partial charge is 0.469 e. The number of carbonyl (C=O) groups excluding carboxylic acids is 4. The van der Waals surface area contributed by atoms with Crippen molar-refractivity contribution in [3.8, 4) is 0 Å². The number of hydrogen-bond acceptors (Lipinski definition) is 8. The van der Waals surface area contributed by atoms with Crippen LogP contribution in [-0.4, -0.2) is 58.2 Å². The normalized spacial score (nSPS) is 27.7. The summed E-state index contributed by atoms with van der Waals surface area (Å²) in [6.07, 6.45) is 6.46. The molecule has 0 saturated heterocycles. The average molecular weight is 463 g/mol. The van der Waals surface area contributed by atoms with Crippen LogP contribution in [-0.2, 0) is 38.1 Å². The summed E-state index contributed by atoms with van der Waals surface area (Å²) in [4.78, 5) is 46.0. The maximum Gasteiger partial charge on any atom is 0.311 e. The van der Waals surface area contributed by atoms with Crippen molar-refractivity contribution in [2.24, 2.45) is 23.2 Å². The summed E-state index contributed by atoms with van der Waals surface area (Å²) in [6.45, 7) is 0. The van der Waals surface area contributed by atoms with Crippen molar-refractivity contribution in [3.05, 3.63) is 0 Å². The molecule has 0 spiro atoms. The molecule has 8 nitrogen and oxygen atoms in total. The van der Waals surface area contributed by atoms with Crippen LogP contribution in [0, 0.1) is 23.2 Å². The molecule has 2 fully saturated rings. The van der Waals surface area contributed by atoms with E-state index < -0.39 is 5.41 Å². The number of halogens is 1. The standard InChI is InChI=1S/C12H19ClO4.C10H16O4/c1-16-10(14)9-4-3-5-12(8-9,6-7-13)11(15)17-2;1-13-9(11)7-4-3-5-8(6-7)10(12)14-2/h9H,3-8H2,1-2H3;7-8H,3-6H2,1-2H3. The van der Waals surface area contributed by atoms with Gasteiger partial charge in [0.15, 0.2) is 0 Å². The highest BCUT2D eigenvalue weighted by Crippen LogP contribution is 2.43. The molecule has 178 valence electrons. The van der Waals surface area contributed by atoms with Gasteiger partial charge in [0, 0.05) is 5.88 Å². The highest BCUT2D eigenvalue weighted by molar-refractivity contribution is 6.18. The van der Waals surface area contributed by atoms with Crippen LogP contribution in [0.3, 0.4) is 0 Å². The summed E-state index contributed by atoms with van der Waals surface area (Å²) in [7, 11) is 5.51. The van der Waals surface area contributed by atoms with Gasteiger partial charge in [0.2, 0.25) is 0 Å². The van der Waals surface area contributed by atoms with Gasteiger partial charge < -0.3 is 18.9 Å². The van der Waals surface area contributed by atoms with Crippen LogP contribution >= 0.6 is 11.6 Å². The monoisotopic (exact) mass is 462 g/mol. The number of hydrogen-bond donors (Lipinski definition) is 0. The molecule has 0 bridgehead atoms. The Kier molecular flexibility index (Phi) is 11.9. The van der Waals surface area contributed by atoms with Crippen molar-refractivity contribution in [1.29, 1.82) is 0 Å². The van der Waals surface area contributed by atoms with Gasteiger partial charge >= 0.3 is 23.9 Å². The van der Waals surface area contributed by atoms with Gasteiger partial charge in [0.1, 0.15) is 0 Å². The van der Waals surface area contributed by atoms with E-state index in [1.165, 1.54) is 28.4 Å². The Labute approximate surface area is 189 Å². The van der Waals surface area contributed by atoms with Gasteiger partial charge in [0.25, 0.3) is 0 Å². The summed E-state index contributed by atoms with van der Waals surface area (Å²) in [5, 5.41) is 0. The van der Waals surface area contributed by atoms with Gasteiger partial charge in [-0.15, -0.1) is 11.6 Å². The highest BCUT2D eigenvalue weighted by Gasteiger charge is 2.45. The number of carbonyl (C=O) groups is 4. The summed E-state index contributed by atoms with van der Waals surface area (Å²) in [5.74, 6) is -0.994. The van der Waals surface area contributed by atoms with Gasteiger partial charge in [-0.2, -0.15) is 0 Å². The summed E-state index contributed by atoms with van der Waals surface area (Å²) in [6, 6.07) is 0. The fourth-order valence-electron chi connectivity index (χ4n) is 4.59. The third-order valence-corrected chi connectivity index (χ3v) is 6.50. The highest BCUT2D eigenvalue weighted by atomic mass is 35.5. The van der Waals surface area contributed by atoms with E-state index in [9.17, 15) is 19.2 Å². The lowest BCUT2D eigenvalue weighted by molar-refractivity contribution is -0.160. The van der Waals surface area contributed by atoms with Crippen LogP contribution in [0.5, 0.6) is 0 Å². The number of alkyl halides is 1. The van der Waals surface area contributed by atoms with Crippen LogP contribution < -0.4 is 0 Å². The molecular formula is C22H35ClO8. The Bertz CT molecular complexity index is 597. The molecule has 0 aromatic carbocycles. The molecule has 9 heteroatoms. The van der Waals surface area contributed by atoms with Gasteiger partial charge in [-0.05, 0) is 44.9 Å². The van der Waals surface area contributed by atoms with Gasteiger partial charge in [0.05, 0.1) is 51.6 Å². The maximum atomic E-state index is 11.9. The minimum Gasteiger partial charge on any atom is -0.469 e. The second-order valence-corrected chi connectivity index (χ2v) is 8.51. The van der Waals surface area contributed by atoms with Crippen LogP contribution in [0.4, 0.5) is 0 Å². The van der Waals surface area contributed by atoms with E-state index >= 15 is 0 Å². The van der Waals surface area contributed by atoms with E-state index in [1.807, 2.05) is 0 Å². The van der Waals surface area contributed by atoms with E-state index in [0.717, 1.165) is 38.5 Å². The molecule has 0 aromatic rings. The molecule has 0 radical (unpaired) electrons. The molecule has 0 N–H and O–H groups in total. The number of rotatable bonds is 6. The number of methoxy groups -OCH3 is 4. The molecule has 31 heavy (non-hydrogen) atoms. The lowest BCUT2D eigenvalue weighted by Crippen LogP contribution is -2.40. The van der Waals surface area contributed by atoms with Crippen LogP contribution in [0.15, 0.2) is 0 Å². The van der Waals surface area contributed by atoms with Crippen LogP contribution in [0.1, 0.15) is 57.8 Å². The number of esters is 4. The topological polar surface area (TPSA) is 105 Å². The zero-order valence-corrected chi connectivity index (χ0v) is 19.7. The molecule has 4 atom stereocenters. The minimum atomic E-state index is -0.604. The molecule has 4 unspecified atom stereocenters. The van der Waals surface area contributed by atoms with Crippen molar-refractivity contribution in [1.82, 2.24) is 0 Å². The molecule has 0 amide bonds. The predicted octanol–water partition coefficient (Wildman–Crippen LogP) is 3.28. The van der Waals surface area contributed by atoms with E-state index in [-0.39, 0.29) is 41.6 Å². The van der Waals surface area contributed by atoms with E-state index in [1.54, 1.807) is 0 Å². The van der Waals surface area contributed by atoms with Crippen LogP contribution in [0.2, 0.25) is 0 Å². The Hall–Kier alpha value is -1.83. The van der Waals surface area contributed by atoms with Crippen molar-refractivity contribution in [2.45, 2.75) is 57.8 Å². The Morgan fingerprint density at radius 1 is 0.774 bits per heavy atom. The Balaban J connectivity index is 0.000000316. The summed E-state index contributed by atoms with van der Waals surface area (Å²) in [5.41, 5.74) is -0.604. The predicted molar refractivity (Wildman–Crippen MR) is 113 cm³/mol. The quantitative estimate of drug-likeness (QED) is 0.336. The molecule has 2 aliphatic rings. The first-order valence-electron chi connectivity index (χ1n) is 10.7. The maximum absolute atomic E-state index is 11.9. The SMILES string of the molecule is COC(=O)C1CCCC(C(=O)OC)C1.COC(=O)C1CCCC(CCCl)(C(=O)OC)C1. The Morgan fingerprint density at radius 2 is 1.26 bits per heavy atom. The van der Waals surface area contributed by atoms with E-state index in [2.05, 4.69) is 9.47 Å². The molecule has 2 rings (SSSR count). The lowest BCUT2D eigenvalue weighted by Gasteiger charge is -2.37. The minimum absolute atomic E-state index is 0.127. The smallest absolute Gasteiger partial charge is 0.311 e. The Morgan fingerprint density at radius 3 is 1.71 bits per heavy atom. The summed E-state index contributed by atoms with van der Waals surface area (Å²) < 4.78 is 18.9. The van der Waals surface area contributed by atoms with E-state index in [4.69, 9.17) is 21.1 Å². The third-order valence-electron chi connectivity index (χ3n) is 6.31. The van der Waals surface area contributed by atoms with Gasteiger partial charge in [-0.1, -0.05) is 12.8 Å². The molecular weight excluding hydrogens is 428 g/mol. The fourth-order valence-corrected chi connectivity index (χ4v) is 4.96. The van der Waals surface area contributed by atoms with Gasteiger partial charge in [-0.25, -0.2) is 0 Å². The third kappa shape index (κ3) is 7.66. The number of ether oxygens (including phenoxy) is 4. The van der Waals surface area contributed by atoms with Crippen molar-refractivity contribution in [3.63, 3.8) is 0 Å². The lowest BCUT2D eigenvalue weighted by atomic mass is 9.68. The first kappa shape index (κ1) is 27.2. The van der Waals surface area contributed by atoms with Crippen molar-refractivity contribution in [2.75, 3.05) is 34.3 Å². The molecule has 0 aliphatic heterocycles. The second kappa shape index (κ2) is 13.6. The van der Waals surface area contributed by atoms with Crippen molar-refractivity contribution >= 4 is 35.5 Å².